The summed E-state index contributed by atoms with van der Waals surface area (Å²) in [5, 5.41) is 19.0. The van der Waals surface area contributed by atoms with Gasteiger partial charge in [-0.1, -0.05) is 23.9 Å². The van der Waals surface area contributed by atoms with Crippen molar-refractivity contribution in [2.75, 3.05) is 0 Å². The number of carboxylic acid groups (broad SMARTS) is 1. The minimum atomic E-state index is -1.18. The first kappa shape index (κ1) is 15.3. The number of para-hydroxylation sites is 1. The second kappa shape index (κ2) is 7.21. The van der Waals surface area contributed by atoms with Gasteiger partial charge >= 0.3 is 76.6 Å². The Morgan fingerprint density at radius 1 is 1.33 bits per heavy atom. The number of carbonyl (C=O) groups is 1. The van der Waals surface area contributed by atoms with Crippen molar-refractivity contribution in [1.82, 2.24) is 0 Å². The molecule has 0 fully saturated rings. The van der Waals surface area contributed by atoms with E-state index in [4.69, 9.17) is 5.11 Å². The molecule has 0 aliphatic heterocycles. The second-order valence-corrected chi connectivity index (χ2v) is 1.80. The number of hydrogen-bond acceptors (Lipinski definition) is 2. The fraction of sp³-hybridized carbons (Fsp3) is 0. The van der Waals surface area contributed by atoms with E-state index < -0.39 is 11.7 Å². The third-order valence-corrected chi connectivity index (χ3v) is 1.12. The van der Waals surface area contributed by atoms with Crippen LogP contribution in [0, 0.1) is 0 Å². The SMILES string of the molecule is O=C(O)c1ccccc1[O-].[Ba+2].[Ti+2]. The molecule has 1 aromatic rings. The van der Waals surface area contributed by atoms with Gasteiger partial charge in [0.2, 0.25) is 0 Å². The summed E-state index contributed by atoms with van der Waals surface area (Å²) in [4.78, 5) is 10.2. The predicted molar refractivity (Wildman–Crippen MR) is 38.6 cm³/mol. The molecule has 0 bridgehead atoms. The number of hydrogen-bond donors (Lipinski definition) is 1. The fourth-order valence-corrected chi connectivity index (χ4v) is 0.643. The third-order valence-electron chi connectivity index (χ3n) is 1.12. The van der Waals surface area contributed by atoms with Gasteiger partial charge in [0.05, 0.1) is 5.56 Å². The first-order chi connectivity index (χ1) is 4.72. The molecule has 0 saturated carbocycles. The Morgan fingerprint density at radius 2 is 1.83 bits per heavy atom. The van der Waals surface area contributed by atoms with Crippen molar-refractivity contribution in [1.29, 1.82) is 0 Å². The zero-order valence-electron chi connectivity index (χ0n) is 6.28. The van der Waals surface area contributed by atoms with Gasteiger partial charge < -0.3 is 10.2 Å². The molecular weight excluding hydrogens is 317 g/mol. The molecule has 1 rings (SSSR count). The maximum atomic E-state index is 10.7. The van der Waals surface area contributed by atoms with E-state index in [1.165, 1.54) is 24.3 Å². The van der Waals surface area contributed by atoms with Gasteiger partial charge in [-0.3, -0.25) is 0 Å². The smallest absolute Gasteiger partial charge is 0.872 e. The Hall–Kier alpha value is 0.776. The van der Waals surface area contributed by atoms with E-state index in [0.717, 1.165) is 0 Å². The van der Waals surface area contributed by atoms with E-state index in [2.05, 4.69) is 0 Å². The summed E-state index contributed by atoms with van der Waals surface area (Å²) in [7, 11) is 0. The molecule has 0 atom stereocenters. The van der Waals surface area contributed by atoms with Crippen molar-refractivity contribution >= 4 is 54.9 Å². The molecule has 0 aromatic heterocycles. The monoisotopic (exact) mass is 323 g/mol. The maximum Gasteiger partial charge on any atom is 2.00 e. The fourth-order valence-electron chi connectivity index (χ4n) is 0.643. The maximum absolute atomic E-state index is 10.7. The summed E-state index contributed by atoms with van der Waals surface area (Å²) < 4.78 is 0. The first-order valence-electron chi connectivity index (χ1n) is 2.71. The van der Waals surface area contributed by atoms with Crippen LogP contribution in [0.4, 0.5) is 0 Å². The van der Waals surface area contributed by atoms with Crippen molar-refractivity contribution in [3.8, 4) is 5.75 Å². The minimum Gasteiger partial charge on any atom is -0.872 e. The van der Waals surface area contributed by atoms with E-state index in [9.17, 15) is 9.90 Å². The minimum absolute atomic E-state index is 0. The van der Waals surface area contributed by atoms with Crippen LogP contribution in [0.3, 0.4) is 0 Å². The third kappa shape index (κ3) is 4.14. The molecule has 1 aromatic carbocycles. The van der Waals surface area contributed by atoms with Crippen molar-refractivity contribution in [3.63, 3.8) is 0 Å². The van der Waals surface area contributed by atoms with Gasteiger partial charge in [-0.15, -0.1) is 0 Å². The van der Waals surface area contributed by atoms with Gasteiger partial charge in [0.25, 0.3) is 0 Å². The summed E-state index contributed by atoms with van der Waals surface area (Å²) in [6.07, 6.45) is 0. The molecule has 0 heterocycles. The first-order valence-corrected chi connectivity index (χ1v) is 2.71. The number of aromatic carboxylic acids is 1. The predicted octanol–water partition coefficient (Wildman–Crippen LogP) is 0.0751. The molecule has 12 heavy (non-hydrogen) atoms. The van der Waals surface area contributed by atoms with Crippen LogP contribution in [0.25, 0.3) is 0 Å². The molecule has 0 radical (unpaired) electrons. The molecule has 0 aliphatic rings. The van der Waals surface area contributed by atoms with Gasteiger partial charge in [-0.25, -0.2) is 4.79 Å². The van der Waals surface area contributed by atoms with Gasteiger partial charge in [0.1, 0.15) is 0 Å². The molecule has 0 saturated heterocycles. The van der Waals surface area contributed by atoms with E-state index >= 15 is 0 Å². The molecule has 1 N–H and O–H groups in total. The van der Waals surface area contributed by atoms with Crippen LogP contribution in [-0.2, 0) is 21.7 Å². The van der Waals surface area contributed by atoms with Gasteiger partial charge in [0.15, 0.2) is 0 Å². The normalized spacial score (nSPS) is 7.67. The molecule has 0 aliphatic carbocycles. The average Bonchev–Trinajstić information content (AvgIpc) is 1.88. The number of benzene rings is 1. The molecule has 3 nitrogen and oxygen atoms in total. The number of carboxylic acids is 1. The Kier molecular flexibility index (Phi) is 9.16. The summed E-state index contributed by atoms with van der Waals surface area (Å²) in [5.41, 5.74) is -0.178. The van der Waals surface area contributed by atoms with Crippen LogP contribution in [0.15, 0.2) is 24.3 Å². The molecule has 0 amide bonds. The van der Waals surface area contributed by atoms with Crippen LogP contribution in [0.1, 0.15) is 10.4 Å². The van der Waals surface area contributed by atoms with Crippen LogP contribution in [0.5, 0.6) is 5.75 Å². The van der Waals surface area contributed by atoms with E-state index in [-0.39, 0.29) is 76.2 Å². The Labute approximate surface area is 125 Å². The van der Waals surface area contributed by atoms with Crippen molar-refractivity contribution in [2.45, 2.75) is 0 Å². The molecule has 5 heteroatoms. The van der Waals surface area contributed by atoms with E-state index in [1.807, 2.05) is 0 Å². The van der Waals surface area contributed by atoms with E-state index in [1.54, 1.807) is 0 Å². The summed E-state index contributed by atoms with van der Waals surface area (Å²) >= 11 is 0. The summed E-state index contributed by atoms with van der Waals surface area (Å²) in [5.74, 6) is -1.62. The topological polar surface area (TPSA) is 60.4 Å². The Balaban J connectivity index is 0. The number of rotatable bonds is 1. The van der Waals surface area contributed by atoms with E-state index in [0.29, 0.717) is 0 Å². The van der Waals surface area contributed by atoms with Gasteiger partial charge in [-0.2, -0.15) is 0 Å². The van der Waals surface area contributed by atoms with Crippen molar-refractivity contribution in [3.05, 3.63) is 29.8 Å². The van der Waals surface area contributed by atoms with Crippen LogP contribution in [-0.4, -0.2) is 60.0 Å². The van der Waals surface area contributed by atoms with Crippen molar-refractivity contribution in [2.24, 2.45) is 0 Å². The van der Waals surface area contributed by atoms with Gasteiger partial charge in [0, 0.05) is 0 Å². The largest absolute Gasteiger partial charge is 2.00 e. The van der Waals surface area contributed by atoms with Crippen LogP contribution < -0.4 is 5.11 Å². The summed E-state index contributed by atoms with van der Waals surface area (Å²) in [6.45, 7) is 0. The molecule has 54 valence electrons. The Bertz CT molecular complexity index is 265. The zero-order valence-corrected chi connectivity index (χ0v) is 12.3. The second-order valence-electron chi connectivity index (χ2n) is 1.80. The van der Waals surface area contributed by atoms with Gasteiger partial charge in [-0.05, 0) is 6.07 Å². The zero-order chi connectivity index (χ0) is 7.56. The Morgan fingerprint density at radius 3 is 2.17 bits per heavy atom. The van der Waals surface area contributed by atoms with Crippen molar-refractivity contribution < 1.29 is 36.7 Å². The van der Waals surface area contributed by atoms with Crippen LogP contribution >= 0.6 is 0 Å². The molecule has 0 unspecified atom stereocenters. The summed E-state index contributed by atoms with van der Waals surface area (Å²) in [6, 6.07) is 5.54. The van der Waals surface area contributed by atoms with Crippen LogP contribution in [0.2, 0.25) is 0 Å². The molecule has 0 spiro atoms. The quantitative estimate of drug-likeness (QED) is 0.745. The standard InChI is InChI=1S/C7H6O3.Ba.Ti/c8-6-4-2-1-3-5(6)7(9)10;;/h1-4,8H,(H,9,10);;/q;2*+2/p-1. The molecular formula is C7H5BaO3Ti+3. The average molecular weight is 322 g/mol.